The van der Waals surface area contributed by atoms with Crippen molar-refractivity contribution in [1.29, 1.82) is 0 Å². The first-order valence-electron chi connectivity index (χ1n) is 5.77. The number of aliphatic carboxylic acids is 1. The predicted molar refractivity (Wildman–Crippen MR) is 70.5 cm³/mol. The minimum atomic E-state index is -1.09. The fraction of sp³-hybridized carbons (Fsp3) is 0.727. The summed E-state index contributed by atoms with van der Waals surface area (Å²) in [5.41, 5.74) is 0. The van der Waals surface area contributed by atoms with Crippen LogP contribution in [0.1, 0.15) is 20.8 Å². The van der Waals surface area contributed by atoms with Crippen LogP contribution in [0.3, 0.4) is 0 Å². The van der Waals surface area contributed by atoms with Crippen LogP contribution in [0.4, 0.5) is 0 Å². The number of rotatable bonds is 8. The van der Waals surface area contributed by atoms with Gasteiger partial charge in [-0.15, -0.1) is 11.8 Å². The standard InChI is InChI=1S/C11H20N2O4S/c1-4-13(5-2)10(15)7-18-6-9(11(16)17)12-8(3)14/h9H,4-7H2,1-3H3,(H,12,14)(H,16,17)/t9-/m0/s1. The minimum Gasteiger partial charge on any atom is -0.480 e. The van der Waals surface area contributed by atoms with E-state index in [0.717, 1.165) is 0 Å². The van der Waals surface area contributed by atoms with Gasteiger partial charge in [-0.3, -0.25) is 9.59 Å². The van der Waals surface area contributed by atoms with Crippen LogP contribution in [0.2, 0.25) is 0 Å². The van der Waals surface area contributed by atoms with Gasteiger partial charge in [0.15, 0.2) is 0 Å². The Morgan fingerprint density at radius 1 is 1.28 bits per heavy atom. The van der Waals surface area contributed by atoms with Crippen molar-refractivity contribution in [3.8, 4) is 0 Å². The van der Waals surface area contributed by atoms with E-state index in [0.29, 0.717) is 13.1 Å². The highest BCUT2D eigenvalue weighted by Crippen LogP contribution is 2.05. The Bertz CT molecular complexity index is 305. The van der Waals surface area contributed by atoms with Crippen molar-refractivity contribution >= 4 is 29.5 Å². The Labute approximate surface area is 111 Å². The summed E-state index contributed by atoms with van der Waals surface area (Å²) < 4.78 is 0. The number of carboxylic acids is 1. The third-order valence-corrected chi connectivity index (χ3v) is 3.32. The SMILES string of the molecule is CCN(CC)C(=O)CSC[C@H](NC(C)=O)C(=O)O. The molecular formula is C11H20N2O4S. The summed E-state index contributed by atoms with van der Waals surface area (Å²) in [4.78, 5) is 35.0. The number of amides is 2. The molecule has 0 aromatic rings. The first-order chi connectivity index (χ1) is 8.42. The first kappa shape index (κ1) is 16.8. The van der Waals surface area contributed by atoms with E-state index in [1.165, 1.54) is 18.7 Å². The van der Waals surface area contributed by atoms with Gasteiger partial charge in [0, 0.05) is 25.8 Å². The molecule has 1 atom stereocenters. The summed E-state index contributed by atoms with van der Waals surface area (Å²) >= 11 is 1.21. The lowest BCUT2D eigenvalue weighted by Crippen LogP contribution is -2.42. The summed E-state index contributed by atoms with van der Waals surface area (Å²) in [5.74, 6) is -1.09. The number of nitrogens with one attached hydrogen (secondary N) is 1. The molecule has 7 heteroatoms. The fourth-order valence-electron chi connectivity index (χ4n) is 1.35. The molecule has 0 unspecified atom stereocenters. The smallest absolute Gasteiger partial charge is 0.327 e. The van der Waals surface area contributed by atoms with Gasteiger partial charge in [0.1, 0.15) is 6.04 Å². The summed E-state index contributed by atoms with van der Waals surface area (Å²) in [5, 5.41) is 11.2. The van der Waals surface area contributed by atoms with Gasteiger partial charge < -0.3 is 15.3 Å². The molecule has 0 aromatic carbocycles. The van der Waals surface area contributed by atoms with E-state index >= 15 is 0 Å². The average molecular weight is 276 g/mol. The van der Waals surface area contributed by atoms with Crippen LogP contribution in [0.15, 0.2) is 0 Å². The van der Waals surface area contributed by atoms with Crippen molar-refractivity contribution in [3.05, 3.63) is 0 Å². The van der Waals surface area contributed by atoms with Gasteiger partial charge >= 0.3 is 5.97 Å². The zero-order valence-electron chi connectivity index (χ0n) is 10.9. The first-order valence-corrected chi connectivity index (χ1v) is 6.93. The molecule has 104 valence electrons. The van der Waals surface area contributed by atoms with Crippen LogP contribution in [0.25, 0.3) is 0 Å². The number of nitrogens with zero attached hydrogens (tertiary/aromatic N) is 1. The maximum absolute atomic E-state index is 11.6. The van der Waals surface area contributed by atoms with Crippen molar-refractivity contribution in [3.63, 3.8) is 0 Å². The highest BCUT2D eigenvalue weighted by atomic mass is 32.2. The summed E-state index contributed by atoms with van der Waals surface area (Å²) in [7, 11) is 0. The maximum atomic E-state index is 11.6. The second kappa shape index (κ2) is 8.79. The van der Waals surface area contributed by atoms with Gasteiger partial charge in [-0.1, -0.05) is 0 Å². The lowest BCUT2D eigenvalue weighted by atomic mass is 10.3. The van der Waals surface area contributed by atoms with Gasteiger partial charge in [-0.25, -0.2) is 4.79 Å². The third kappa shape index (κ3) is 6.48. The fourth-order valence-corrected chi connectivity index (χ4v) is 2.29. The zero-order chi connectivity index (χ0) is 14.1. The van der Waals surface area contributed by atoms with E-state index < -0.39 is 17.9 Å². The van der Waals surface area contributed by atoms with Gasteiger partial charge in [-0.05, 0) is 13.8 Å². The largest absolute Gasteiger partial charge is 0.480 e. The van der Waals surface area contributed by atoms with Crippen molar-refractivity contribution < 1.29 is 19.5 Å². The van der Waals surface area contributed by atoms with Gasteiger partial charge in [-0.2, -0.15) is 0 Å². The molecule has 0 aliphatic carbocycles. The molecule has 0 aromatic heterocycles. The van der Waals surface area contributed by atoms with Gasteiger partial charge in [0.25, 0.3) is 0 Å². The third-order valence-electron chi connectivity index (χ3n) is 2.30. The highest BCUT2D eigenvalue weighted by Gasteiger charge is 2.19. The Balaban J connectivity index is 4.10. The van der Waals surface area contributed by atoms with Crippen LogP contribution in [0.5, 0.6) is 0 Å². The molecule has 0 fully saturated rings. The lowest BCUT2D eigenvalue weighted by Gasteiger charge is -2.19. The summed E-state index contributed by atoms with van der Waals surface area (Å²) in [6.07, 6.45) is 0. The second-order valence-electron chi connectivity index (χ2n) is 3.67. The molecule has 2 amide bonds. The molecule has 0 aliphatic rings. The molecule has 0 spiro atoms. The van der Waals surface area contributed by atoms with Crippen LogP contribution in [-0.4, -0.2) is 58.4 Å². The molecule has 0 aliphatic heterocycles. The molecule has 0 heterocycles. The number of hydrogen-bond acceptors (Lipinski definition) is 4. The van der Waals surface area contributed by atoms with Crippen LogP contribution < -0.4 is 5.32 Å². The van der Waals surface area contributed by atoms with E-state index in [-0.39, 0.29) is 17.4 Å². The Kier molecular flexibility index (Phi) is 8.19. The van der Waals surface area contributed by atoms with Crippen LogP contribution in [0, 0.1) is 0 Å². The Hall–Kier alpha value is -1.24. The molecule has 2 N–H and O–H groups in total. The van der Waals surface area contributed by atoms with Crippen LogP contribution in [-0.2, 0) is 14.4 Å². The summed E-state index contributed by atoms with van der Waals surface area (Å²) in [6, 6.07) is -0.947. The normalized spacial score (nSPS) is 11.7. The van der Waals surface area contributed by atoms with E-state index in [1.54, 1.807) is 4.90 Å². The van der Waals surface area contributed by atoms with Crippen molar-refractivity contribution in [2.24, 2.45) is 0 Å². The van der Waals surface area contributed by atoms with E-state index in [4.69, 9.17) is 5.11 Å². The Morgan fingerprint density at radius 3 is 2.22 bits per heavy atom. The maximum Gasteiger partial charge on any atom is 0.327 e. The molecule has 0 rings (SSSR count). The monoisotopic (exact) mass is 276 g/mol. The van der Waals surface area contributed by atoms with Crippen molar-refractivity contribution in [1.82, 2.24) is 10.2 Å². The molecule has 0 bridgehead atoms. The number of hydrogen-bond donors (Lipinski definition) is 2. The van der Waals surface area contributed by atoms with Crippen molar-refractivity contribution in [2.75, 3.05) is 24.6 Å². The van der Waals surface area contributed by atoms with Gasteiger partial charge in [0.05, 0.1) is 5.75 Å². The lowest BCUT2D eigenvalue weighted by molar-refractivity contribution is -0.140. The second-order valence-corrected chi connectivity index (χ2v) is 4.70. The number of carbonyl (C=O) groups excluding carboxylic acids is 2. The molecule has 0 saturated heterocycles. The molecule has 18 heavy (non-hydrogen) atoms. The summed E-state index contributed by atoms with van der Waals surface area (Å²) in [6.45, 7) is 6.34. The van der Waals surface area contributed by atoms with Gasteiger partial charge in [0.2, 0.25) is 11.8 Å². The molecule has 0 saturated carbocycles. The van der Waals surface area contributed by atoms with Crippen LogP contribution >= 0.6 is 11.8 Å². The average Bonchev–Trinajstić information content (AvgIpc) is 2.28. The minimum absolute atomic E-state index is 0.0167. The van der Waals surface area contributed by atoms with Crippen molar-refractivity contribution in [2.45, 2.75) is 26.8 Å². The highest BCUT2D eigenvalue weighted by molar-refractivity contribution is 8.00. The topological polar surface area (TPSA) is 86.7 Å². The van der Waals surface area contributed by atoms with E-state index in [1.807, 2.05) is 13.8 Å². The zero-order valence-corrected chi connectivity index (χ0v) is 11.7. The van der Waals surface area contributed by atoms with E-state index in [2.05, 4.69) is 5.32 Å². The number of carboxylic acid groups (broad SMARTS) is 1. The molecule has 0 radical (unpaired) electrons. The number of carbonyl (C=O) groups is 3. The molecular weight excluding hydrogens is 256 g/mol. The predicted octanol–water partition coefficient (Wildman–Crippen LogP) is 0.177. The van der Waals surface area contributed by atoms with E-state index in [9.17, 15) is 14.4 Å². The molecule has 6 nitrogen and oxygen atoms in total. The quantitative estimate of drug-likeness (QED) is 0.660. The Morgan fingerprint density at radius 2 is 1.83 bits per heavy atom. The number of thioether (sulfide) groups is 1.